The number of fused-ring (bicyclic) bond motifs is 1. The molecule has 0 aromatic carbocycles. The molecule has 19 heavy (non-hydrogen) atoms. The standard InChI is InChI=1S/C13H14ClN3O2/c14-10-6-9(13(18)19)7-17-11(15-16-12(10)17)8-4-2-1-3-5-8/h6-8H,1-5H2,(H,18,19). The van der Waals surface area contributed by atoms with Crippen LogP contribution in [-0.2, 0) is 0 Å². The minimum absolute atomic E-state index is 0.161. The van der Waals surface area contributed by atoms with E-state index in [4.69, 9.17) is 16.7 Å². The van der Waals surface area contributed by atoms with E-state index in [-0.39, 0.29) is 5.56 Å². The summed E-state index contributed by atoms with van der Waals surface area (Å²) < 4.78 is 1.74. The molecule has 1 aliphatic rings. The molecule has 0 radical (unpaired) electrons. The molecule has 0 saturated heterocycles. The van der Waals surface area contributed by atoms with Gasteiger partial charge in [-0.2, -0.15) is 0 Å². The van der Waals surface area contributed by atoms with Crippen molar-refractivity contribution in [2.45, 2.75) is 38.0 Å². The molecule has 100 valence electrons. The van der Waals surface area contributed by atoms with Gasteiger partial charge in [0, 0.05) is 12.1 Å². The van der Waals surface area contributed by atoms with Crippen LogP contribution in [0.1, 0.15) is 54.2 Å². The first-order chi connectivity index (χ1) is 9.16. The lowest BCUT2D eigenvalue weighted by Gasteiger charge is -2.19. The SMILES string of the molecule is O=C(O)c1cc(Cl)c2nnc(C3CCCCC3)n2c1. The first-order valence-electron chi connectivity index (χ1n) is 6.44. The summed E-state index contributed by atoms with van der Waals surface area (Å²) in [6.45, 7) is 0. The van der Waals surface area contributed by atoms with E-state index in [9.17, 15) is 4.79 Å². The molecule has 1 fully saturated rings. The third-order valence-electron chi connectivity index (χ3n) is 3.70. The fourth-order valence-corrected chi connectivity index (χ4v) is 2.97. The fourth-order valence-electron chi connectivity index (χ4n) is 2.73. The number of rotatable bonds is 2. The zero-order valence-corrected chi connectivity index (χ0v) is 11.1. The van der Waals surface area contributed by atoms with Crippen LogP contribution in [0.4, 0.5) is 0 Å². The average Bonchev–Trinajstić information content (AvgIpc) is 2.84. The van der Waals surface area contributed by atoms with Gasteiger partial charge in [0.15, 0.2) is 5.65 Å². The fraction of sp³-hybridized carbons (Fsp3) is 0.462. The number of carbonyl (C=O) groups is 1. The van der Waals surface area contributed by atoms with Crippen LogP contribution in [-0.4, -0.2) is 25.7 Å². The Morgan fingerprint density at radius 2 is 2.05 bits per heavy atom. The monoisotopic (exact) mass is 279 g/mol. The Labute approximate surface area is 115 Å². The Balaban J connectivity index is 2.12. The third kappa shape index (κ3) is 2.18. The molecule has 3 rings (SSSR count). The minimum atomic E-state index is -0.993. The normalized spacial score (nSPS) is 16.9. The van der Waals surface area contributed by atoms with Gasteiger partial charge in [-0.15, -0.1) is 10.2 Å². The summed E-state index contributed by atoms with van der Waals surface area (Å²) in [5, 5.41) is 17.7. The second kappa shape index (κ2) is 4.81. The van der Waals surface area contributed by atoms with Crippen LogP contribution < -0.4 is 0 Å². The predicted octanol–water partition coefficient (Wildman–Crippen LogP) is 3.13. The maximum atomic E-state index is 11.1. The van der Waals surface area contributed by atoms with E-state index >= 15 is 0 Å². The van der Waals surface area contributed by atoms with Gasteiger partial charge in [0.25, 0.3) is 0 Å². The summed E-state index contributed by atoms with van der Waals surface area (Å²) in [4.78, 5) is 11.1. The molecule has 2 heterocycles. The van der Waals surface area contributed by atoms with E-state index in [0.717, 1.165) is 18.7 Å². The third-order valence-corrected chi connectivity index (χ3v) is 3.98. The number of pyridine rings is 1. The van der Waals surface area contributed by atoms with Gasteiger partial charge in [-0.3, -0.25) is 4.40 Å². The molecule has 6 heteroatoms. The molecule has 1 aliphatic carbocycles. The van der Waals surface area contributed by atoms with Crippen LogP contribution >= 0.6 is 11.6 Å². The first kappa shape index (κ1) is 12.4. The smallest absolute Gasteiger partial charge is 0.337 e. The van der Waals surface area contributed by atoms with E-state index in [1.165, 1.54) is 25.3 Å². The van der Waals surface area contributed by atoms with E-state index in [2.05, 4.69) is 10.2 Å². The molecule has 5 nitrogen and oxygen atoms in total. The minimum Gasteiger partial charge on any atom is -0.478 e. The van der Waals surface area contributed by atoms with Gasteiger partial charge in [-0.05, 0) is 18.9 Å². The summed E-state index contributed by atoms with van der Waals surface area (Å²) in [7, 11) is 0. The van der Waals surface area contributed by atoms with Gasteiger partial charge in [0.2, 0.25) is 0 Å². The van der Waals surface area contributed by atoms with Crippen molar-refractivity contribution in [1.82, 2.24) is 14.6 Å². The number of aromatic carboxylic acids is 1. The second-order valence-electron chi connectivity index (χ2n) is 4.97. The summed E-state index contributed by atoms with van der Waals surface area (Å²) in [5.41, 5.74) is 0.696. The maximum absolute atomic E-state index is 11.1. The van der Waals surface area contributed by atoms with Crippen molar-refractivity contribution < 1.29 is 9.90 Å². The number of halogens is 1. The number of hydrogen-bond donors (Lipinski definition) is 1. The molecule has 0 aliphatic heterocycles. The van der Waals surface area contributed by atoms with Crippen molar-refractivity contribution in [3.63, 3.8) is 0 Å². The van der Waals surface area contributed by atoms with Crippen LogP contribution in [0.3, 0.4) is 0 Å². The topological polar surface area (TPSA) is 67.5 Å². The van der Waals surface area contributed by atoms with Crippen LogP contribution in [0.25, 0.3) is 5.65 Å². The molecule has 2 aromatic heterocycles. The highest BCUT2D eigenvalue weighted by molar-refractivity contribution is 6.33. The van der Waals surface area contributed by atoms with Crippen LogP contribution in [0.2, 0.25) is 5.02 Å². The molecule has 1 saturated carbocycles. The highest BCUT2D eigenvalue weighted by Crippen LogP contribution is 2.32. The number of carboxylic acid groups (broad SMARTS) is 1. The van der Waals surface area contributed by atoms with Crippen molar-refractivity contribution >= 4 is 23.2 Å². The van der Waals surface area contributed by atoms with E-state index in [0.29, 0.717) is 16.6 Å². The van der Waals surface area contributed by atoms with Gasteiger partial charge in [0.1, 0.15) is 5.82 Å². The molecular formula is C13H14ClN3O2. The highest BCUT2D eigenvalue weighted by atomic mass is 35.5. The number of carboxylic acids is 1. The molecular weight excluding hydrogens is 266 g/mol. The number of aromatic nitrogens is 3. The molecule has 0 bridgehead atoms. The van der Waals surface area contributed by atoms with Crippen molar-refractivity contribution in [1.29, 1.82) is 0 Å². The average molecular weight is 280 g/mol. The molecule has 0 spiro atoms. The first-order valence-corrected chi connectivity index (χ1v) is 6.82. The van der Waals surface area contributed by atoms with Gasteiger partial charge < -0.3 is 5.11 Å². The van der Waals surface area contributed by atoms with Gasteiger partial charge in [0.05, 0.1) is 10.6 Å². The highest BCUT2D eigenvalue weighted by Gasteiger charge is 2.22. The number of nitrogens with zero attached hydrogens (tertiary/aromatic N) is 3. The lowest BCUT2D eigenvalue weighted by Crippen LogP contribution is -2.09. The Morgan fingerprint density at radius 1 is 1.32 bits per heavy atom. The second-order valence-corrected chi connectivity index (χ2v) is 5.38. The lowest BCUT2D eigenvalue weighted by molar-refractivity contribution is 0.0696. The molecule has 0 unspecified atom stereocenters. The van der Waals surface area contributed by atoms with Crippen molar-refractivity contribution in [2.75, 3.05) is 0 Å². The van der Waals surface area contributed by atoms with Gasteiger partial charge in [-0.1, -0.05) is 30.9 Å². The summed E-state index contributed by atoms with van der Waals surface area (Å²) in [5.74, 6) is 0.190. The van der Waals surface area contributed by atoms with Crippen molar-refractivity contribution in [3.05, 3.63) is 28.7 Å². The Bertz CT molecular complexity index is 632. The molecule has 0 amide bonds. The lowest BCUT2D eigenvalue weighted by atomic mass is 9.89. The quantitative estimate of drug-likeness (QED) is 0.917. The Hall–Kier alpha value is -1.62. The maximum Gasteiger partial charge on any atom is 0.337 e. The van der Waals surface area contributed by atoms with E-state index in [1.807, 2.05) is 0 Å². The van der Waals surface area contributed by atoms with Crippen LogP contribution in [0.5, 0.6) is 0 Å². The zero-order valence-electron chi connectivity index (χ0n) is 10.3. The summed E-state index contributed by atoms with van der Waals surface area (Å²) in [6, 6.07) is 1.42. The van der Waals surface area contributed by atoms with Crippen molar-refractivity contribution in [3.8, 4) is 0 Å². The molecule has 0 atom stereocenters. The number of hydrogen-bond acceptors (Lipinski definition) is 3. The Kier molecular flexibility index (Phi) is 3.14. The van der Waals surface area contributed by atoms with E-state index < -0.39 is 5.97 Å². The molecule has 1 N–H and O–H groups in total. The van der Waals surface area contributed by atoms with Gasteiger partial charge in [-0.25, -0.2) is 4.79 Å². The Morgan fingerprint density at radius 3 is 2.74 bits per heavy atom. The van der Waals surface area contributed by atoms with Crippen LogP contribution in [0, 0.1) is 0 Å². The summed E-state index contributed by atoms with van der Waals surface area (Å²) in [6.07, 6.45) is 7.35. The zero-order chi connectivity index (χ0) is 13.4. The summed E-state index contributed by atoms with van der Waals surface area (Å²) >= 11 is 6.07. The van der Waals surface area contributed by atoms with Gasteiger partial charge >= 0.3 is 5.97 Å². The predicted molar refractivity (Wildman–Crippen MR) is 70.8 cm³/mol. The largest absolute Gasteiger partial charge is 0.478 e. The van der Waals surface area contributed by atoms with Crippen LogP contribution in [0.15, 0.2) is 12.3 Å². The molecule has 2 aromatic rings. The van der Waals surface area contributed by atoms with Crippen molar-refractivity contribution in [2.24, 2.45) is 0 Å². The van der Waals surface area contributed by atoms with E-state index in [1.54, 1.807) is 10.6 Å².